The molecule has 0 spiro atoms. The minimum Gasteiger partial charge on any atom is -0.314 e. The molecule has 1 aliphatic carbocycles. The monoisotopic (exact) mass is 240 g/mol. The fourth-order valence-corrected chi connectivity index (χ4v) is 3.04. The SMILES string of the molecule is CCCCN(CC)CCC1(NC)CCCCC1. The Morgan fingerprint density at radius 3 is 2.29 bits per heavy atom. The first-order valence-corrected chi connectivity index (χ1v) is 7.67. The molecule has 0 saturated heterocycles. The van der Waals surface area contributed by atoms with Gasteiger partial charge in [-0.3, -0.25) is 0 Å². The highest BCUT2D eigenvalue weighted by Gasteiger charge is 2.29. The Bertz CT molecular complexity index is 185. The third-order valence-electron chi connectivity index (χ3n) is 4.52. The molecule has 0 aliphatic heterocycles. The number of rotatable bonds is 8. The van der Waals surface area contributed by atoms with Crippen molar-refractivity contribution in [3.63, 3.8) is 0 Å². The van der Waals surface area contributed by atoms with Crippen molar-refractivity contribution in [1.82, 2.24) is 10.2 Å². The summed E-state index contributed by atoms with van der Waals surface area (Å²) in [6, 6.07) is 0. The fraction of sp³-hybridized carbons (Fsp3) is 1.00. The molecule has 2 nitrogen and oxygen atoms in total. The number of hydrogen-bond donors (Lipinski definition) is 1. The summed E-state index contributed by atoms with van der Waals surface area (Å²) < 4.78 is 0. The van der Waals surface area contributed by atoms with Gasteiger partial charge in [-0.15, -0.1) is 0 Å². The molecule has 1 aliphatic rings. The van der Waals surface area contributed by atoms with Gasteiger partial charge >= 0.3 is 0 Å². The number of nitrogens with one attached hydrogen (secondary N) is 1. The molecule has 0 bridgehead atoms. The number of unbranched alkanes of at least 4 members (excludes halogenated alkanes) is 1. The summed E-state index contributed by atoms with van der Waals surface area (Å²) in [5, 5.41) is 3.63. The summed E-state index contributed by atoms with van der Waals surface area (Å²) in [6.45, 7) is 8.34. The molecule has 1 N–H and O–H groups in total. The Balaban J connectivity index is 2.34. The van der Waals surface area contributed by atoms with Crippen LogP contribution in [0.4, 0.5) is 0 Å². The van der Waals surface area contributed by atoms with Gasteiger partial charge in [-0.1, -0.05) is 39.5 Å². The maximum Gasteiger partial charge on any atom is 0.0190 e. The summed E-state index contributed by atoms with van der Waals surface area (Å²) >= 11 is 0. The molecule has 1 rings (SSSR count). The second-order valence-corrected chi connectivity index (χ2v) is 5.63. The Morgan fingerprint density at radius 1 is 1.06 bits per heavy atom. The number of hydrogen-bond acceptors (Lipinski definition) is 2. The van der Waals surface area contributed by atoms with E-state index < -0.39 is 0 Å². The molecule has 2 heteroatoms. The van der Waals surface area contributed by atoms with Gasteiger partial charge in [-0.05, 0) is 52.4 Å². The van der Waals surface area contributed by atoms with Gasteiger partial charge in [-0.25, -0.2) is 0 Å². The van der Waals surface area contributed by atoms with Crippen LogP contribution in [0.5, 0.6) is 0 Å². The molecule has 0 aromatic heterocycles. The summed E-state index contributed by atoms with van der Waals surface area (Å²) in [6.07, 6.45) is 11.0. The third kappa shape index (κ3) is 4.97. The Morgan fingerprint density at radius 2 is 1.76 bits per heavy atom. The first-order chi connectivity index (χ1) is 8.26. The van der Waals surface area contributed by atoms with E-state index in [1.165, 1.54) is 71.0 Å². The molecule has 0 atom stereocenters. The lowest BCUT2D eigenvalue weighted by Gasteiger charge is -2.38. The molecular weight excluding hydrogens is 208 g/mol. The van der Waals surface area contributed by atoms with Crippen molar-refractivity contribution in [1.29, 1.82) is 0 Å². The van der Waals surface area contributed by atoms with Crippen molar-refractivity contribution in [3.05, 3.63) is 0 Å². The van der Waals surface area contributed by atoms with E-state index in [-0.39, 0.29) is 0 Å². The lowest BCUT2D eigenvalue weighted by molar-refractivity contribution is 0.184. The predicted octanol–water partition coefficient (Wildman–Crippen LogP) is 3.42. The molecule has 1 saturated carbocycles. The molecule has 0 unspecified atom stereocenters. The summed E-state index contributed by atoms with van der Waals surface area (Å²) in [4.78, 5) is 2.62. The summed E-state index contributed by atoms with van der Waals surface area (Å²) in [5.74, 6) is 0. The average Bonchev–Trinajstić information content (AvgIpc) is 2.40. The lowest BCUT2D eigenvalue weighted by Crippen LogP contribution is -2.47. The molecule has 17 heavy (non-hydrogen) atoms. The molecule has 0 aromatic carbocycles. The van der Waals surface area contributed by atoms with E-state index in [0.29, 0.717) is 5.54 Å². The molecule has 0 aromatic rings. The van der Waals surface area contributed by atoms with Crippen molar-refractivity contribution < 1.29 is 0 Å². The van der Waals surface area contributed by atoms with Crippen LogP contribution in [0, 0.1) is 0 Å². The van der Waals surface area contributed by atoms with E-state index in [2.05, 4.69) is 31.1 Å². The summed E-state index contributed by atoms with van der Waals surface area (Å²) in [7, 11) is 2.16. The highest BCUT2D eigenvalue weighted by molar-refractivity contribution is 4.90. The van der Waals surface area contributed by atoms with Gasteiger partial charge in [0.05, 0.1) is 0 Å². The van der Waals surface area contributed by atoms with Crippen LogP contribution in [0.1, 0.15) is 65.2 Å². The highest BCUT2D eigenvalue weighted by Crippen LogP contribution is 2.30. The number of nitrogens with zero attached hydrogens (tertiary/aromatic N) is 1. The minimum absolute atomic E-state index is 0.456. The fourth-order valence-electron chi connectivity index (χ4n) is 3.04. The van der Waals surface area contributed by atoms with E-state index >= 15 is 0 Å². The van der Waals surface area contributed by atoms with Crippen molar-refractivity contribution in [2.45, 2.75) is 70.8 Å². The molecule has 0 radical (unpaired) electrons. The highest BCUT2D eigenvalue weighted by atomic mass is 15.1. The smallest absolute Gasteiger partial charge is 0.0190 e. The zero-order chi connectivity index (χ0) is 12.6. The second kappa shape index (κ2) is 8.10. The van der Waals surface area contributed by atoms with Gasteiger partial charge in [0.2, 0.25) is 0 Å². The van der Waals surface area contributed by atoms with Gasteiger partial charge in [0, 0.05) is 5.54 Å². The van der Waals surface area contributed by atoms with E-state index in [9.17, 15) is 0 Å². The van der Waals surface area contributed by atoms with Crippen LogP contribution < -0.4 is 5.32 Å². The Labute approximate surface area is 108 Å². The topological polar surface area (TPSA) is 15.3 Å². The van der Waals surface area contributed by atoms with E-state index in [1.807, 2.05) is 0 Å². The van der Waals surface area contributed by atoms with Gasteiger partial charge in [-0.2, -0.15) is 0 Å². The van der Waals surface area contributed by atoms with Crippen LogP contribution in [-0.2, 0) is 0 Å². The Kier molecular flexibility index (Phi) is 7.14. The first-order valence-electron chi connectivity index (χ1n) is 7.67. The molecular formula is C15H32N2. The van der Waals surface area contributed by atoms with Crippen molar-refractivity contribution in [3.8, 4) is 0 Å². The molecule has 0 amide bonds. The average molecular weight is 240 g/mol. The quantitative estimate of drug-likeness (QED) is 0.699. The van der Waals surface area contributed by atoms with Gasteiger partial charge in [0.15, 0.2) is 0 Å². The molecule has 0 heterocycles. The van der Waals surface area contributed by atoms with E-state index in [4.69, 9.17) is 0 Å². The standard InChI is InChI=1S/C15H32N2/c1-4-6-13-17(5-2)14-12-15(16-3)10-8-7-9-11-15/h16H,4-14H2,1-3H3. The maximum atomic E-state index is 3.63. The largest absolute Gasteiger partial charge is 0.314 e. The Hall–Kier alpha value is -0.0800. The van der Waals surface area contributed by atoms with Crippen LogP contribution in [-0.4, -0.2) is 37.1 Å². The van der Waals surface area contributed by atoms with Crippen LogP contribution in [0.15, 0.2) is 0 Å². The van der Waals surface area contributed by atoms with Crippen LogP contribution in [0.25, 0.3) is 0 Å². The minimum atomic E-state index is 0.456. The zero-order valence-electron chi connectivity index (χ0n) is 12.2. The lowest BCUT2D eigenvalue weighted by atomic mass is 9.79. The maximum absolute atomic E-state index is 3.63. The third-order valence-corrected chi connectivity index (χ3v) is 4.52. The zero-order valence-corrected chi connectivity index (χ0v) is 12.2. The van der Waals surface area contributed by atoms with Gasteiger partial charge < -0.3 is 10.2 Å². The first kappa shape index (κ1) is 15.0. The van der Waals surface area contributed by atoms with Crippen molar-refractivity contribution >= 4 is 0 Å². The van der Waals surface area contributed by atoms with Crippen molar-refractivity contribution in [2.75, 3.05) is 26.7 Å². The molecule has 1 fully saturated rings. The predicted molar refractivity (Wildman–Crippen MR) is 76.5 cm³/mol. The van der Waals surface area contributed by atoms with E-state index in [1.54, 1.807) is 0 Å². The van der Waals surface area contributed by atoms with Crippen LogP contribution in [0.3, 0.4) is 0 Å². The van der Waals surface area contributed by atoms with Crippen LogP contribution in [0.2, 0.25) is 0 Å². The van der Waals surface area contributed by atoms with Gasteiger partial charge in [0.25, 0.3) is 0 Å². The summed E-state index contributed by atoms with van der Waals surface area (Å²) in [5.41, 5.74) is 0.456. The van der Waals surface area contributed by atoms with E-state index in [0.717, 1.165) is 0 Å². The van der Waals surface area contributed by atoms with Crippen molar-refractivity contribution in [2.24, 2.45) is 0 Å². The second-order valence-electron chi connectivity index (χ2n) is 5.63. The molecule has 102 valence electrons. The van der Waals surface area contributed by atoms with Crippen LogP contribution >= 0.6 is 0 Å². The normalized spacial score (nSPS) is 19.8. The van der Waals surface area contributed by atoms with Gasteiger partial charge in [0.1, 0.15) is 0 Å².